The van der Waals surface area contributed by atoms with Crippen molar-refractivity contribution in [1.82, 2.24) is 0 Å². The summed E-state index contributed by atoms with van der Waals surface area (Å²) in [4.78, 5) is 18.7. The molecule has 1 saturated heterocycles. The first-order valence-electron chi connectivity index (χ1n) is 2.24. The highest BCUT2D eigenvalue weighted by molar-refractivity contribution is 7.47. The molecule has 1 heterocycles. The number of hydrogen-bond acceptors (Lipinski definition) is 4. The van der Waals surface area contributed by atoms with Gasteiger partial charge in [-0.1, -0.05) is 0 Å². The van der Waals surface area contributed by atoms with Crippen molar-refractivity contribution < 1.29 is 23.3 Å². The van der Waals surface area contributed by atoms with Crippen LogP contribution in [0.2, 0.25) is 0 Å². The van der Waals surface area contributed by atoms with E-state index in [9.17, 15) is 9.36 Å². The first-order chi connectivity index (χ1) is 4.10. The maximum absolute atomic E-state index is 10.3. The summed E-state index contributed by atoms with van der Waals surface area (Å²) in [6, 6.07) is 0. The third-order valence-electron chi connectivity index (χ3n) is 0.777. The van der Waals surface area contributed by atoms with Crippen molar-refractivity contribution in [3.05, 3.63) is 0 Å². The molecule has 0 aliphatic carbocycles. The lowest BCUT2D eigenvalue weighted by Crippen LogP contribution is -2.19. The number of carbonyl (C=O) groups excluding carboxylic acids is 1. The van der Waals surface area contributed by atoms with Gasteiger partial charge < -0.3 is 4.89 Å². The smallest absolute Gasteiger partial charge is 0.302 e. The summed E-state index contributed by atoms with van der Waals surface area (Å²) in [6.07, 6.45) is 0. The Labute approximate surface area is 51.2 Å². The van der Waals surface area contributed by atoms with Crippen molar-refractivity contribution in [2.75, 3.05) is 13.2 Å². The summed E-state index contributed by atoms with van der Waals surface area (Å²) >= 11 is 0. The predicted molar refractivity (Wildman–Crippen MR) is 26.7 cm³/mol. The molecule has 0 aromatic rings. The van der Waals surface area contributed by atoms with Crippen LogP contribution in [0.1, 0.15) is 0 Å². The van der Waals surface area contributed by atoms with E-state index in [1.54, 1.807) is 0 Å². The van der Waals surface area contributed by atoms with Crippen LogP contribution < -0.4 is 0 Å². The highest BCUT2D eigenvalue weighted by Crippen LogP contribution is 2.44. The molecule has 0 atom stereocenters. The Balaban J connectivity index is 2.54. The molecule has 0 bridgehead atoms. The van der Waals surface area contributed by atoms with E-state index in [0.717, 1.165) is 0 Å². The fourth-order valence-corrected chi connectivity index (χ4v) is 1.07. The van der Waals surface area contributed by atoms with Gasteiger partial charge >= 0.3 is 7.82 Å². The van der Waals surface area contributed by atoms with Gasteiger partial charge in [0.25, 0.3) is 0 Å². The quantitative estimate of drug-likeness (QED) is 0.482. The minimum atomic E-state index is -3.84. The maximum atomic E-state index is 10.3. The van der Waals surface area contributed by atoms with Crippen molar-refractivity contribution in [2.45, 2.75) is 0 Å². The van der Waals surface area contributed by atoms with Gasteiger partial charge in [0.1, 0.15) is 13.2 Å². The molecule has 9 heavy (non-hydrogen) atoms. The molecule has 0 saturated carbocycles. The maximum Gasteiger partial charge on any atom is 0.473 e. The number of rotatable bonds is 0. The van der Waals surface area contributed by atoms with Crippen molar-refractivity contribution in [3.63, 3.8) is 0 Å². The van der Waals surface area contributed by atoms with Crippen LogP contribution in [0, 0.1) is 0 Å². The fourth-order valence-electron chi connectivity index (χ4n) is 0.386. The highest BCUT2D eigenvalue weighted by atomic mass is 31.2. The second kappa shape index (κ2) is 2.19. The lowest BCUT2D eigenvalue weighted by molar-refractivity contribution is -0.127. The zero-order valence-electron chi connectivity index (χ0n) is 4.44. The van der Waals surface area contributed by atoms with Crippen molar-refractivity contribution >= 4 is 13.6 Å². The van der Waals surface area contributed by atoms with E-state index in [2.05, 4.69) is 9.05 Å². The molecule has 6 heteroatoms. The standard InChI is InChI=1S/C3H5O5P/c4-3-1-7-9(5,6)8-2-3/h1-2H2,(H,5,6). The Morgan fingerprint density at radius 1 is 1.44 bits per heavy atom. The lowest BCUT2D eigenvalue weighted by Gasteiger charge is -2.15. The molecular formula is C3H5O5P. The number of hydrogen-bond donors (Lipinski definition) is 1. The molecule has 1 rings (SSSR count). The molecule has 0 amide bonds. The van der Waals surface area contributed by atoms with Crippen molar-refractivity contribution in [2.24, 2.45) is 0 Å². The topological polar surface area (TPSA) is 72.8 Å². The van der Waals surface area contributed by atoms with E-state index in [1.807, 2.05) is 0 Å². The number of phosphoric acid groups is 1. The van der Waals surface area contributed by atoms with E-state index in [1.165, 1.54) is 0 Å². The van der Waals surface area contributed by atoms with Gasteiger partial charge in [-0.2, -0.15) is 0 Å². The van der Waals surface area contributed by atoms with Gasteiger partial charge in [0.2, 0.25) is 0 Å². The number of Topliss-reactive ketones (excluding diaryl/α,β-unsaturated/α-hetero) is 1. The van der Waals surface area contributed by atoms with E-state index >= 15 is 0 Å². The highest BCUT2D eigenvalue weighted by Gasteiger charge is 2.28. The number of carbonyl (C=O) groups is 1. The number of ketones is 1. The first-order valence-corrected chi connectivity index (χ1v) is 3.73. The summed E-state index contributed by atoms with van der Waals surface area (Å²) < 4.78 is 18.6. The summed E-state index contributed by atoms with van der Waals surface area (Å²) in [5.74, 6) is -0.324. The zero-order valence-corrected chi connectivity index (χ0v) is 5.34. The van der Waals surface area contributed by atoms with E-state index < -0.39 is 7.82 Å². The Morgan fingerprint density at radius 3 is 2.22 bits per heavy atom. The Kier molecular flexibility index (Phi) is 1.68. The molecule has 52 valence electrons. The van der Waals surface area contributed by atoms with Crippen LogP contribution in [-0.2, 0) is 18.4 Å². The minimum Gasteiger partial charge on any atom is -0.302 e. The van der Waals surface area contributed by atoms with Crippen molar-refractivity contribution in [3.8, 4) is 0 Å². The van der Waals surface area contributed by atoms with Gasteiger partial charge in [-0.05, 0) is 0 Å². The van der Waals surface area contributed by atoms with Gasteiger partial charge in [-0.15, -0.1) is 0 Å². The minimum absolute atomic E-state index is 0.324. The van der Waals surface area contributed by atoms with Gasteiger partial charge in [-0.25, -0.2) is 4.57 Å². The van der Waals surface area contributed by atoms with Crippen molar-refractivity contribution in [1.29, 1.82) is 0 Å². The molecule has 5 nitrogen and oxygen atoms in total. The van der Waals surface area contributed by atoms with Gasteiger partial charge in [0.05, 0.1) is 0 Å². The molecule has 0 spiro atoms. The second-order valence-corrected chi connectivity index (χ2v) is 3.01. The average molecular weight is 152 g/mol. The van der Waals surface area contributed by atoms with Crippen LogP contribution in [0.15, 0.2) is 0 Å². The normalized spacial score (nSPS) is 26.1. The van der Waals surface area contributed by atoms with Gasteiger partial charge in [0.15, 0.2) is 5.78 Å². The van der Waals surface area contributed by atoms with Crippen LogP contribution in [0.25, 0.3) is 0 Å². The number of phosphoric ester groups is 1. The molecule has 0 unspecified atom stereocenters. The van der Waals surface area contributed by atoms with Crippen LogP contribution >= 0.6 is 7.82 Å². The van der Waals surface area contributed by atoms with Gasteiger partial charge in [-0.3, -0.25) is 13.8 Å². The summed E-state index contributed by atoms with van der Waals surface area (Å²) in [5.41, 5.74) is 0. The molecule has 1 fully saturated rings. The largest absolute Gasteiger partial charge is 0.473 e. The van der Waals surface area contributed by atoms with E-state index in [4.69, 9.17) is 4.89 Å². The SMILES string of the molecule is O=C1COP(=O)(O)OC1. The molecule has 0 aromatic carbocycles. The molecule has 1 N–H and O–H groups in total. The Morgan fingerprint density at radius 2 is 1.89 bits per heavy atom. The molecular weight excluding hydrogens is 147 g/mol. The molecule has 1 aliphatic heterocycles. The first kappa shape index (κ1) is 6.89. The summed E-state index contributed by atoms with van der Waals surface area (Å²) in [5, 5.41) is 0. The molecule has 0 aromatic heterocycles. The van der Waals surface area contributed by atoms with Crippen LogP contribution in [0.4, 0.5) is 0 Å². The average Bonchev–Trinajstić information content (AvgIpc) is 1.78. The third kappa shape index (κ3) is 1.87. The molecule has 0 radical (unpaired) electrons. The summed E-state index contributed by atoms with van der Waals surface area (Å²) in [7, 11) is -3.84. The lowest BCUT2D eigenvalue weighted by atomic mass is 10.5. The van der Waals surface area contributed by atoms with Gasteiger partial charge in [0, 0.05) is 0 Å². The Bertz CT molecular complexity index is 161. The second-order valence-electron chi connectivity index (χ2n) is 1.55. The van der Waals surface area contributed by atoms with E-state index in [-0.39, 0.29) is 19.0 Å². The van der Waals surface area contributed by atoms with Crippen LogP contribution in [0.3, 0.4) is 0 Å². The summed E-state index contributed by atoms with van der Waals surface area (Å²) in [6.45, 7) is -0.651. The van der Waals surface area contributed by atoms with Crippen LogP contribution in [-0.4, -0.2) is 23.9 Å². The Hall–Kier alpha value is -0.220. The molecule has 1 aliphatic rings. The van der Waals surface area contributed by atoms with E-state index in [0.29, 0.717) is 0 Å². The monoisotopic (exact) mass is 152 g/mol. The van der Waals surface area contributed by atoms with Crippen LogP contribution in [0.5, 0.6) is 0 Å². The zero-order chi connectivity index (χ0) is 6.91. The predicted octanol–water partition coefficient (Wildman–Crippen LogP) is -0.297. The third-order valence-corrected chi connectivity index (χ3v) is 1.69. The fraction of sp³-hybridized carbons (Fsp3) is 0.667.